The molecule has 98 valence electrons. The van der Waals surface area contributed by atoms with E-state index in [1.165, 1.54) is 4.90 Å². The van der Waals surface area contributed by atoms with Crippen molar-refractivity contribution in [2.24, 2.45) is 0 Å². The van der Waals surface area contributed by atoms with Gasteiger partial charge in [0, 0.05) is 43.3 Å². The van der Waals surface area contributed by atoms with Gasteiger partial charge in [-0.05, 0) is 18.2 Å². The summed E-state index contributed by atoms with van der Waals surface area (Å²) in [4.78, 5) is 24.6. The molecule has 0 saturated heterocycles. The molecule has 0 unspecified atom stereocenters. The van der Waals surface area contributed by atoms with Crippen molar-refractivity contribution in [3.05, 3.63) is 28.8 Å². The Bertz CT molecular complexity index is 442. The molecule has 0 heterocycles. The third kappa shape index (κ3) is 3.92. The Morgan fingerprint density at radius 2 is 2.06 bits per heavy atom. The van der Waals surface area contributed by atoms with Crippen LogP contribution in [-0.4, -0.2) is 37.4 Å². The summed E-state index contributed by atoms with van der Waals surface area (Å²) in [6.07, 6.45) is 0.259. The molecule has 1 aromatic carbocycles. The molecular formula is C12H16ClN3O2. The number of anilines is 1. The minimum absolute atomic E-state index is 0.111. The summed E-state index contributed by atoms with van der Waals surface area (Å²) in [7, 11) is 3.18. The van der Waals surface area contributed by atoms with Crippen molar-refractivity contribution in [1.82, 2.24) is 10.2 Å². The summed E-state index contributed by atoms with van der Waals surface area (Å²) in [6, 6.07) is 4.68. The maximum Gasteiger partial charge on any atom is 0.253 e. The van der Waals surface area contributed by atoms with Crippen LogP contribution in [0.3, 0.4) is 0 Å². The number of hydrogen-bond donors (Lipinski definition) is 2. The summed E-state index contributed by atoms with van der Waals surface area (Å²) in [5, 5.41) is 2.91. The van der Waals surface area contributed by atoms with Crippen molar-refractivity contribution in [2.45, 2.75) is 6.42 Å². The Balaban J connectivity index is 2.71. The topological polar surface area (TPSA) is 75.4 Å². The summed E-state index contributed by atoms with van der Waals surface area (Å²) < 4.78 is 0. The van der Waals surface area contributed by atoms with Crippen LogP contribution in [-0.2, 0) is 4.79 Å². The Kier molecular flexibility index (Phi) is 4.97. The zero-order valence-corrected chi connectivity index (χ0v) is 11.1. The van der Waals surface area contributed by atoms with Crippen LogP contribution in [0, 0.1) is 0 Å². The number of nitrogens with two attached hydrogens (primary N) is 1. The van der Waals surface area contributed by atoms with Crippen LogP contribution in [0.4, 0.5) is 5.69 Å². The van der Waals surface area contributed by atoms with Gasteiger partial charge in [0.05, 0.1) is 0 Å². The maximum absolute atomic E-state index is 12.0. The van der Waals surface area contributed by atoms with Gasteiger partial charge in [-0.2, -0.15) is 0 Å². The van der Waals surface area contributed by atoms with Gasteiger partial charge < -0.3 is 16.0 Å². The highest BCUT2D eigenvalue weighted by molar-refractivity contribution is 6.31. The van der Waals surface area contributed by atoms with Crippen LogP contribution in [0.1, 0.15) is 16.8 Å². The SMILES string of the molecule is CNC(=O)CCN(C)C(=O)c1cc(N)cc(Cl)c1. The highest BCUT2D eigenvalue weighted by Crippen LogP contribution is 2.17. The molecule has 0 bridgehead atoms. The van der Waals surface area contributed by atoms with E-state index in [9.17, 15) is 9.59 Å². The first-order valence-corrected chi connectivity index (χ1v) is 5.84. The molecule has 0 aliphatic rings. The summed E-state index contributed by atoms with van der Waals surface area (Å²) in [5.74, 6) is -0.326. The van der Waals surface area contributed by atoms with Gasteiger partial charge in [-0.1, -0.05) is 11.6 Å². The first kappa shape index (κ1) is 14.3. The number of nitrogens with zero attached hydrogens (tertiary/aromatic N) is 1. The van der Waals surface area contributed by atoms with Crippen LogP contribution in [0.2, 0.25) is 5.02 Å². The summed E-state index contributed by atoms with van der Waals surface area (Å²) in [5.41, 5.74) is 6.47. The van der Waals surface area contributed by atoms with Crippen molar-refractivity contribution in [1.29, 1.82) is 0 Å². The standard InChI is InChI=1S/C12H16ClN3O2/c1-15-11(17)3-4-16(2)12(18)8-5-9(13)7-10(14)6-8/h5-7H,3-4,14H2,1-2H3,(H,15,17). The van der Waals surface area contributed by atoms with E-state index in [4.69, 9.17) is 17.3 Å². The highest BCUT2D eigenvalue weighted by Gasteiger charge is 2.13. The molecule has 0 aliphatic heterocycles. The van der Waals surface area contributed by atoms with E-state index in [-0.39, 0.29) is 18.2 Å². The third-order valence-electron chi connectivity index (χ3n) is 2.47. The lowest BCUT2D eigenvalue weighted by atomic mass is 10.1. The molecule has 18 heavy (non-hydrogen) atoms. The molecule has 0 spiro atoms. The Morgan fingerprint density at radius 3 is 2.61 bits per heavy atom. The average molecular weight is 270 g/mol. The molecule has 3 N–H and O–H groups in total. The molecule has 0 fully saturated rings. The molecule has 5 nitrogen and oxygen atoms in total. The first-order chi connectivity index (χ1) is 8.43. The van der Waals surface area contributed by atoms with Crippen LogP contribution < -0.4 is 11.1 Å². The molecule has 1 rings (SSSR count). The molecule has 0 atom stereocenters. The lowest BCUT2D eigenvalue weighted by Crippen LogP contribution is -2.31. The Hall–Kier alpha value is -1.75. The van der Waals surface area contributed by atoms with E-state index in [0.717, 1.165) is 0 Å². The Labute approximate surface area is 111 Å². The number of nitrogen functional groups attached to an aromatic ring is 1. The molecule has 6 heteroatoms. The van der Waals surface area contributed by atoms with Crippen molar-refractivity contribution in [3.63, 3.8) is 0 Å². The van der Waals surface area contributed by atoms with Gasteiger partial charge in [-0.3, -0.25) is 9.59 Å². The van der Waals surface area contributed by atoms with Crippen molar-refractivity contribution in [2.75, 3.05) is 26.4 Å². The number of carbonyl (C=O) groups is 2. The van der Waals surface area contributed by atoms with E-state index in [0.29, 0.717) is 22.8 Å². The van der Waals surface area contributed by atoms with Gasteiger partial charge in [-0.15, -0.1) is 0 Å². The number of benzene rings is 1. The number of amides is 2. The van der Waals surface area contributed by atoms with E-state index in [2.05, 4.69) is 5.32 Å². The zero-order chi connectivity index (χ0) is 13.7. The second-order valence-corrected chi connectivity index (χ2v) is 4.36. The van der Waals surface area contributed by atoms with Crippen LogP contribution >= 0.6 is 11.6 Å². The Morgan fingerprint density at radius 1 is 1.39 bits per heavy atom. The molecule has 2 amide bonds. The van der Waals surface area contributed by atoms with E-state index < -0.39 is 0 Å². The van der Waals surface area contributed by atoms with Crippen LogP contribution in [0.5, 0.6) is 0 Å². The predicted octanol–water partition coefficient (Wildman–Crippen LogP) is 1.13. The largest absolute Gasteiger partial charge is 0.399 e. The second-order valence-electron chi connectivity index (χ2n) is 3.92. The lowest BCUT2D eigenvalue weighted by molar-refractivity contribution is -0.120. The van der Waals surface area contributed by atoms with Crippen molar-refractivity contribution in [3.8, 4) is 0 Å². The minimum atomic E-state index is -0.215. The average Bonchev–Trinajstić information content (AvgIpc) is 2.33. The van der Waals surface area contributed by atoms with Gasteiger partial charge in [0.15, 0.2) is 0 Å². The molecule has 0 saturated carbocycles. The first-order valence-electron chi connectivity index (χ1n) is 5.46. The van der Waals surface area contributed by atoms with Crippen LogP contribution in [0.25, 0.3) is 0 Å². The molecule has 0 aliphatic carbocycles. The number of halogens is 1. The van der Waals surface area contributed by atoms with Gasteiger partial charge in [0.1, 0.15) is 0 Å². The van der Waals surface area contributed by atoms with Crippen LogP contribution in [0.15, 0.2) is 18.2 Å². The third-order valence-corrected chi connectivity index (χ3v) is 2.69. The summed E-state index contributed by atoms with van der Waals surface area (Å²) >= 11 is 5.83. The fraction of sp³-hybridized carbons (Fsp3) is 0.333. The molecule has 1 aromatic rings. The smallest absolute Gasteiger partial charge is 0.253 e. The lowest BCUT2D eigenvalue weighted by Gasteiger charge is -2.17. The fourth-order valence-electron chi connectivity index (χ4n) is 1.45. The molecular weight excluding hydrogens is 254 g/mol. The van der Waals surface area contributed by atoms with Crippen molar-refractivity contribution >= 4 is 29.1 Å². The minimum Gasteiger partial charge on any atom is -0.399 e. The summed E-state index contributed by atoms with van der Waals surface area (Å²) in [6.45, 7) is 0.338. The van der Waals surface area contributed by atoms with Gasteiger partial charge >= 0.3 is 0 Å². The van der Waals surface area contributed by atoms with Gasteiger partial charge in [0.25, 0.3) is 5.91 Å². The predicted molar refractivity (Wildman–Crippen MR) is 71.5 cm³/mol. The monoisotopic (exact) mass is 269 g/mol. The number of carbonyl (C=O) groups excluding carboxylic acids is 2. The fourth-order valence-corrected chi connectivity index (χ4v) is 1.70. The maximum atomic E-state index is 12.0. The number of nitrogens with one attached hydrogen (secondary N) is 1. The van der Waals surface area contributed by atoms with E-state index in [1.54, 1.807) is 32.3 Å². The molecule has 0 aromatic heterocycles. The zero-order valence-electron chi connectivity index (χ0n) is 10.4. The highest BCUT2D eigenvalue weighted by atomic mass is 35.5. The molecule has 0 radical (unpaired) electrons. The van der Waals surface area contributed by atoms with Gasteiger partial charge in [0.2, 0.25) is 5.91 Å². The van der Waals surface area contributed by atoms with E-state index >= 15 is 0 Å². The normalized spacial score (nSPS) is 9.94. The number of hydrogen-bond acceptors (Lipinski definition) is 3. The second kappa shape index (κ2) is 6.26. The van der Waals surface area contributed by atoms with Gasteiger partial charge in [-0.25, -0.2) is 0 Å². The quantitative estimate of drug-likeness (QED) is 0.805. The van der Waals surface area contributed by atoms with Crippen molar-refractivity contribution < 1.29 is 9.59 Å². The van der Waals surface area contributed by atoms with E-state index in [1.807, 2.05) is 0 Å². The number of rotatable bonds is 4.